The van der Waals surface area contributed by atoms with Gasteiger partial charge in [0.05, 0.1) is 14.9 Å². The molecule has 2 amide bonds. The maximum Gasteiger partial charge on any atom is 0.333 e. The second-order valence-electron chi connectivity index (χ2n) is 4.50. The van der Waals surface area contributed by atoms with E-state index in [4.69, 9.17) is 23.2 Å². The molecule has 116 valence electrons. The second-order valence-corrected chi connectivity index (χ2v) is 7.00. The molecule has 0 saturated heterocycles. The summed E-state index contributed by atoms with van der Waals surface area (Å²) < 4.78 is 26.0. The third-order valence-electron chi connectivity index (χ3n) is 2.74. The molecule has 2 N–H and O–H groups in total. The van der Waals surface area contributed by atoms with Crippen LogP contribution in [0, 0.1) is 6.92 Å². The smallest absolute Gasteiger partial charge is 0.307 e. The molecule has 0 bridgehead atoms. The lowest BCUT2D eigenvalue weighted by atomic mass is 10.2. The number of nitrogens with one attached hydrogen (secondary N) is 2. The van der Waals surface area contributed by atoms with Gasteiger partial charge in [-0.05, 0) is 37.3 Å². The Bertz CT molecular complexity index is 805. The van der Waals surface area contributed by atoms with Crippen molar-refractivity contribution in [3.8, 4) is 0 Å². The van der Waals surface area contributed by atoms with Crippen LogP contribution < -0.4 is 10.0 Å². The first-order valence-corrected chi connectivity index (χ1v) is 8.37. The first-order chi connectivity index (χ1) is 10.3. The number of carbonyl (C=O) groups excluding carboxylic acids is 1. The van der Waals surface area contributed by atoms with Gasteiger partial charge >= 0.3 is 6.03 Å². The molecule has 8 heteroatoms. The molecule has 2 aromatic carbocycles. The third-order valence-corrected chi connectivity index (χ3v) is 4.82. The van der Waals surface area contributed by atoms with Crippen LogP contribution in [0.15, 0.2) is 47.4 Å². The highest BCUT2D eigenvalue weighted by Crippen LogP contribution is 2.25. The van der Waals surface area contributed by atoms with Crippen LogP contribution in [0.25, 0.3) is 0 Å². The van der Waals surface area contributed by atoms with Gasteiger partial charge in [0, 0.05) is 5.69 Å². The Balaban J connectivity index is 2.10. The van der Waals surface area contributed by atoms with Gasteiger partial charge in [0.15, 0.2) is 0 Å². The van der Waals surface area contributed by atoms with E-state index in [9.17, 15) is 13.2 Å². The summed E-state index contributed by atoms with van der Waals surface area (Å²) in [5.74, 6) is 0. The molecule has 0 atom stereocenters. The van der Waals surface area contributed by atoms with Crippen LogP contribution in [0.4, 0.5) is 10.5 Å². The second kappa shape index (κ2) is 6.56. The van der Waals surface area contributed by atoms with Crippen molar-refractivity contribution >= 4 is 44.9 Å². The molecule has 0 aliphatic heterocycles. The molecule has 5 nitrogen and oxygen atoms in total. The van der Waals surface area contributed by atoms with E-state index in [0.29, 0.717) is 10.7 Å². The number of amides is 2. The van der Waals surface area contributed by atoms with E-state index in [1.54, 1.807) is 12.1 Å². The van der Waals surface area contributed by atoms with Crippen molar-refractivity contribution in [2.45, 2.75) is 11.8 Å². The number of anilines is 1. The maximum absolute atomic E-state index is 12.0. The summed E-state index contributed by atoms with van der Waals surface area (Å²) in [6.07, 6.45) is 0. The summed E-state index contributed by atoms with van der Waals surface area (Å²) in [4.78, 5) is 11.8. The highest BCUT2D eigenvalue weighted by atomic mass is 35.5. The van der Waals surface area contributed by atoms with Crippen molar-refractivity contribution in [3.63, 3.8) is 0 Å². The van der Waals surface area contributed by atoms with Crippen molar-refractivity contribution in [3.05, 3.63) is 58.1 Å². The molecular weight excluding hydrogens is 347 g/mol. The third kappa shape index (κ3) is 4.13. The molecule has 0 aliphatic carbocycles. The summed E-state index contributed by atoms with van der Waals surface area (Å²) in [6.45, 7) is 1.83. The normalized spacial score (nSPS) is 11.0. The van der Waals surface area contributed by atoms with Gasteiger partial charge in [0.2, 0.25) is 0 Å². The first-order valence-electron chi connectivity index (χ1n) is 6.13. The molecule has 0 heterocycles. The van der Waals surface area contributed by atoms with E-state index >= 15 is 0 Å². The van der Waals surface area contributed by atoms with Gasteiger partial charge in [0.1, 0.15) is 0 Å². The van der Waals surface area contributed by atoms with E-state index in [1.807, 2.05) is 11.6 Å². The van der Waals surface area contributed by atoms with Crippen LogP contribution in [0.1, 0.15) is 5.56 Å². The standard InChI is InChI=1S/C14H12Cl2N2O3S/c1-9-2-5-11(6-3-9)22(20,21)18-14(19)17-10-4-7-12(15)13(16)8-10/h2-8H,1H3,(H2,17,18,19). The van der Waals surface area contributed by atoms with Gasteiger partial charge in [-0.25, -0.2) is 17.9 Å². The molecule has 0 aliphatic rings. The highest BCUT2D eigenvalue weighted by molar-refractivity contribution is 7.90. The Morgan fingerprint density at radius 3 is 2.23 bits per heavy atom. The lowest BCUT2D eigenvalue weighted by molar-refractivity contribution is 0.256. The van der Waals surface area contributed by atoms with Crippen LogP contribution >= 0.6 is 23.2 Å². The molecule has 0 aromatic heterocycles. The fraction of sp³-hybridized carbons (Fsp3) is 0.0714. The predicted molar refractivity (Wildman–Crippen MR) is 87.0 cm³/mol. The summed E-state index contributed by atoms with van der Waals surface area (Å²) in [7, 11) is -3.94. The van der Waals surface area contributed by atoms with E-state index in [-0.39, 0.29) is 9.92 Å². The van der Waals surface area contributed by atoms with Crippen molar-refractivity contribution in [1.82, 2.24) is 4.72 Å². The van der Waals surface area contributed by atoms with Gasteiger partial charge in [0.25, 0.3) is 10.0 Å². The quantitative estimate of drug-likeness (QED) is 0.875. The zero-order valence-corrected chi connectivity index (χ0v) is 13.8. The number of halogens is 2. The monoisotopic (exact) mass is 358 g/mol. The number of aryl methyl sites for hydroxylation is 1. The van der Waals surface area contributed by atoms with E-state index in [2.05, 4.69) is 5.32 Å². The Kier molecular flexibility index (Phi) is 4.95. The van der Waals surface area contributed by atoms with Crippen LogP contribution in [0.5, 0.6) is 0 Å². The first kappa shape index (κ1) is 16.6. The lowest BCUT2D eigenvalue weighted by Gasteiger charge is -2.09. The average Bonchev–Trinajstić information content (AvgIpc) is 2.42. The predicted octanol–water partition coefficient (Wildman–Crippen LogP) is 3.81. The number of benzene rings is 2. The van der Waals surface area contributed by atoms with Crippen molar-refractivity contribution in [1.29, 1.82) is 0 Å². The molecule has 0 spiro atoms. The topological polar surface area (TPSA) is 75.3 Å². The summed E-state index contributed by atoms with van der Waals surface area (Å²) in [5.41, 5.74) is 1.24. The molecular formula is C14H12Cl2N2O3S. The summed E-state index contributed by atoms with van der Waals surface area (Å²) >= 11 is 11.6. The molecule has 2 rings (SSSR count). The van der Waals surface area contributed by atoms with Crippen molar-refractivity contribution in [2.24, 2.45) is 0 Å². The zero-order valence-electron chi connectivity index (χ0n) is 11.4. The molecule has 0 unspecified atom stereocenters. The molecule has 0 radical (unpaired) electrons. The molecule has 2 aromatic rings. The summed E-state index contributed by atoms with van der Waals surface area (Å²) in [6, 6.07) is 9.66. The van der Waals surface area contributed by atoms with Gasteiger partial charge < -0.3 is 5.32 Å². The number of sulfonamides is 1. The van der Waals surface area contributed by atoms with Gasteiger partial charge in [-0.1, -0.05) is 40.9 Å². The number of carbonyl (C=O) groups is 1. The van der Waals surface area contributed by atoms with Crippen LogP contribution in [0.2, 0.25) is 10.0 Å². The van der Waals surface area contributed by atoms with Crippen molar-refractivity contribution in [2.75, 3.05) is 5.32 Å². The van der Waals surface area contributed by atoms with Gasteiger partial charge in [-0.2, -0.15) is 0 Å². The van der Waals surface area contributed by atoms with Crippen LogP contribution in [-0.4, -0.2) is 14.4 Å². The zero-order chi connectivity index (χ0) is 16.3. The number of urea groups is 1. The fourth-order valence-corrected chi connectivity index (χ4v) is 2.83. The Morgan fingerprint density at radius 2 is 1.64 bits per heavy atom. The number of hydrogen-bond acceptors (Lipinski definition) is 3. The molecule has 0 saturated carbocycles. The Morgan fingerprint density at radius 1 is 1.00 bits per heavy atom. The lowest BCUT2D eigenvalue weighted by Crippen LogP contribution is -2.34. The Labute approximate surface area is 138 Å². The highest BCUT2D eigenvalue weighted by Gasteiger charge is 2.17. The minimum atomic E-state index is -3.94. The largest absolute Gasteiger partial charge is 0.333 e. The van der Waals surface area contributed by atoms with Crippen LogP contribution in [-0.2, 0) is 10.0 Å². The fourth-order valence-electron chi connectivity index (χ4n) is 1.63. The van der Waals surface area contributed by atoms with Crippen molar-refractivity contribution < 1.29 is 13.2 Å². The van der Waals surface area contributed by atoms with E-state index < -0.39 is 16.1 Å². The Hall–Kier alpha value is -1.76. The minimum Gasteiger partial charge on any atom is -0.307 e. The molecule has 22 heavy (non-hydrogen) atoms. The minimum absolute atomic E-state index is 0.00221. The van der Waals surface area contributed by atoms with E-state index in [0.717, 1.165) is 5.56 Å². The number of rotatable bonds is 3. The maximum atomic E-state index is 12.0. The molecule has 0 fully saturated rings. The van der Waals surface area contributed by atoms with Gasteiger partial charge in [-0.15, -0.1) is 0 Å². The average molecular weight is 359 g/mol. The summed E-state index contributed by atoms with van der Waals surface area (Å²) in [5, 5.41) is 2.96. The van der Waals surface area contributed by atoms with Crippen LogP contribution in [0.3, 0.4) is 0 Å². The van der Waals surface area contributed by atoms with Gasteiger partial charge in [-0.3, -0.25) is 0 Å². The SMILES string of the molecule is Cc1ccc(S(=O)(=O)NC(=O)Nc2ccc(Cl)c(Cl)c2)cc1. The number of hydrogen-bond donors (Lipinski definition) is 2. The van der Waals surface area contributed by atoms with E-state index in [1.165, 1.54) is 30.3 Å².